The molecule has 1 aliphatic rings. The van der Waals surface area contributed by atoms with Crippen molar-refractivity contribution in [2.24, 2.45) is 4.99 Å². The molecule has 0 bridgehead atoms. The molecule has 1 heterocycles. The van der Waals surface area contributed by atoms with Crippen LogP contribution in [0.4, 0.5) is 5.69 Å². The summed E-state index contributed by atoms with van der Waals surface area (Å²) >= 11 is 0. The number of benzene rings is 3. The number of carbonyl (C=O) groups excluding carboxylic acids is 1. The van der Waals surface area contributed by atoms with Crippen LogP contribution in [0.15, 0.2) is 103 Å². The minimum atomic E-state index is -0.954. The van der Waals surface area contributed by atoms with Crippen molar-refractivity contribution in [1.29, 1.82) is 0 Å². The van der Waals surface area contributed by atoms with Gasteiger partial charge in [-0.25, -0.2) is 4.79 Å². The van der Waals surface area contributed by atoms with E-state index in [-0.39, 0.29) is 28.4 Å². The van der Waals surface area contributed by atoms with Crippen molar-refractivity contribution in [3.05, 3.63) is 120 Å². The van der Waals surface area contributed by atoms with E-state index < -0.39 is 12.0 Å². The van der Waals surface area contributed by atoms with Gasteiger partial charge in [-0.1, -0.05) is 104 Å². The number of carboxylic acid groups (broad SMARTS) is 1. The smallest absolute Gasteiger partial charge is 0.328 e. The van der Waals surface area contributed by atoms with E-state index in [1.54, 1.807) is 0 Å². The van der Waals surface area contributed by atoms with Gasteiger partial charge in [0.05, 0.1) is 17.7 Å². The SMILES string of the molecule is C=CCCCCC[C@H](N=C(c1ccccc1)c1ccccc1[N-]C(=O)[C@@H]1CCCN1Cc1ccccc1)C(=O)O.[Ni]. The van der Waals surface area contributed by atoms with Crippen molar-refractivity contribution in [2.75, 3.05) is 6.54 Å². The summed E-state index contributed by atoms with van der Waals surface area (Å²) in [6.45, 7) is 5.31. The van der Waals surface area contributed by atoms with Crippen molar-refractivity contribution in [2.45, 2.75) is 63.6 Å². The number of amides is 1. The Kier molecular flexibility index (Phi) is 13.0. The van der Waals surface area contributed by atoms with E-state index >= 15 is 0 Å². The van der Waals surface area contributed by atoms with Crippen LogP contribution in [0.5, 0.6) is 0 Å². The topological polar surface area (TPSA) is 84.1 Å². The fraction of sp³-hybridized carbons (Fsp3) is 0.324. The van der Waals surface area contributed by atoms with Gasteiger partial charge in [-0.15, -0.1) is 12.3 Å². The average molecular weight is 595 g/mol. The van der Waals surface area contributed by atoms with Crippen LogP contribution >= 0.6 is 0 Å². The fourth-order valence-corrected chi connectivity index (χ4v) is 5.18. The van der Waals surface area contributed by atoms with Crippen LogP contribution < -0.4 is 0 Å². The minimum absolute atomic E-state index is 0. The third kappa shape index (κ3) is 9.24. The largest absolute Gasteiger partial charge is 0.625 e. The third-order valence-corrected chi connectivity index (χ3v) is 7.27. The number of likely N-dealkylation sites (tertiary alicyclic amines) is 1. The first-order valence-corrected chi connectivity index (χ1v) is 14.2. The van der Waals surface area contributed by atoms with Gasteiger partial charge in [0.1, 0.15) is 6.04 Å². The van der Waals surface area contributed by atoms with E-state index in [4.69, 9.17) is 4.99 Å². The number of rotatable bonds is 14. The van der Waals surface area contributed by atoms with Crippen molar-refractivity contribution in [1.82, 2.24) is 4.90 Å². The van der Waals surface area contributed by atoms with Gasteiger partial charge in [-0.05, 0) is 49.8 Å². The molecule has 2 atom stereocenters. The molecule has 0 radical (unpaired) electrons. The van der Waals surface area contributed by atoms with Gasteiger partial charge in [0.2, 0.25) is 0 Å². The summed E-state index contributed by atoms with van der Waals surface area (Å²) in [7, 11) is 0. The number of allylic oxidation sites excluding steroid dienone is 1. The number of nitrogens with zero attached hydrogens (tertiary/aromatic N) is 3. The van der Waals surface area contributed by atoms with Gasteiger partial charge in [-0.3, -0.25) is 9.89 Å². The van der Waals surface area contributed by atoms with Crippen LogP contribution in [0.1, 0.15) is 61.6 Å². The number of carboxylic acids is 1. The Morgan fingerprint density at radius 2 is 1.66 bits per heavy atom. The van der Waals surface area contributed by atoms with Gasteiger partial charge in [0.15, 0.2) is 0 Å². The molecule has 0 unspecified atom stereocenters. The second-order valence-electron chi connectivity index (χ2n) is 10.2. The number of carbonyl (C=O) groups is 2. The molecule has 1 aliphatic heterocycles. The maximum absolute atomic E-state index is 13.5. The molecular formula is C34H38N3NiO3-. The minimum Gasteiger partial charge on any atom is -0.625 e. The molecule has 0 aliphatic carbocycles. The normalized spacial score (nSPS) is 16.0. The van der Waals surface area contributed by atoms with Gasteiger partial charge >= 0.3 is 5.97 Å². The molecule has 7 heteroatoms. The predicted octanol–water partition coefficient (Wildman–Crippen LogP) is 7.31. The molecule has 1 amide bonds. The molecule has 0 aromatic heterocycles. The molecule has 1 N–H and O–H groups in total. The molecular weight excluding hydrogens is 557 g/mol. The third-order valence-electron chi connectivity index (χ3n) is 7.27. The van der Waals surface area contributed by atoms with Gasteiger partial charge < -0.3 is 15.2 Å². The number of aliphatic imine (C=N–C) groups is 1. The van der Waals surface area contributed by atoms with Crippen LogP contribution in [0.25, 0.3) is 5.32 Å². The van der Waals surface area contributed by atoms with E-state index in [0.29, 0.717) is 29.9 Å². The molecule has 4 rings (SSSR count). The Morgan fingerprint density at radius 3 is 2.37 bits per heavy atom. The van der Waals surface area contributed by atoms with E-state index in [0.717, 1.165) is 50.6 Å². The fourth-order valence-electron chi connectivity index (χ4n) is 5.18. The summed E-state index contributed by atoms with van der Waals surface area (Å²) in [4.78, 5) is 32.8. The van der Waals surface area contributed by atoms with E-state index in [2.05, 4.69) is 28.9 Å². The summed E-state index contributed by atoms with van der Waals surface area (Å²) in [6.07, 6.45) is 7.63. The average Bonchev–Trinajstić information content (AvgIpc) is 3.44. The van der Waals surface area contributed by atoms with Crippen molar-refractivity contribution < 1.29 is 31.2 Å². The summed E-state index contributed by atoms with van der Waals surface area (Å²) in [6, 6.07) is 26.0. The number of hydrogen-bond acceptors (Lipinski definition) is 4. The zero-order valence-corrected chi connectivity index (χ0v) is 24.3. The van der Waals surface area contributed by atoms with E-state index in [9.17, 15) is 14.7 Å². The Hall–Kier alpha value is -3.54. The number of hydrogen-bond donors (Lipinski definition) is 1. The second kappa shape index (κ2) is 16.7. The van der Waals surface area contributed by atoms with Gasteiger partial charge in [0.25, 0.3) is 0 Å². The standard InChI is InChI=1S/C34H39N3O3.Ni/c1-2-3-4-5-12-22-30(34(39)40)35-32(27-18-10-7-11-19-27)28-20-13-14-21-29(28)36-33(38)31-23-15-24-37(31)25-26-16-8-6-9-17-26;/h2,6-11,13-14,16-21,30-31H,1,3-5,12,15,22-25H2,(H2,35,36,38,39,40);/p-1/t30-,31-;/m0./s1. The molecule has 3 aromatic rings. The number of aliphatic carboxylic acids is 1. The summed E-state index contributed by atoms with van der Waals surface area (Å²) in [5.41, 5.74) is 3.68. The number of para-hydroxylation sites is 1. The van der Waals surface area contributed by atoms with Crippen LogP contribution in [-0.2, 0) is 32.6 Å². The molecule has 6 nitrogen and oxygen atoms in total. The number of unbranched alkanes of at least 4 members (excludes halogenated alkanes) is 3. The molecule has 1 fully saturated rings. The Morgan fingerprint density at radius 1 is 0.976 bits per heavy atom. The molecule has 3 aromatic carbocycles. The first kappa shape index (κ1) is 32.0. The zero-order valence-electron chi connectivity index (χ0n) is 23.3. The van der Waals surface area contributed by atoms with Crippen molar-refractivity contribution >= 4 is 23.3 Å². The van der Waals surface area contributed by atoms with Crippen LogP contribution in [0.2, 0.25) is 0 Å². The first-order valence-electron chi connectivity index (χ1n) is 14.2. The first-order chi connectivity index (χ1) is 19.6. The summed E-state index contributed by atoms with van der Waals surface area (Å²) < 4.78 is 0. The summed E-state index contributed by atoms with van der Waals surface area (Å²) in [5, 5.41) is 14.6. The summed E-state index contributed by atoms with van der Waals surface area (Å²) in [5.74, 6) is -1.13. The van der Waals surface area contributed by atoms with Crippen molar-refractivity contribution in [3.63, 3.8) is 0 Å². The van der Waals surface area contributed by atoms with E-state index in [1.165, 1.54) is 5.56 Å². The van der Waals surface area contributed by atoms with Crippen LogP contribution in [-0.4, -0.2) is 46.2 Å². The molecule has 1 saturated heterocycles. The maximum Gasteiger partial charge on any atom is 0.328 e. The van der Waals surface area contributed by atoms with Crippen molar-refractivity contribution in [3.8, 4) is 0 Å². The predicted molar refractivity (Wildman–Crippen MR) is 161 cm³/mol. The van der Waals surface area contributed by atoms with Gasteiger partial charge in [0, 0.05) is 28.6 Å². The van der Waals surface area contributed by atoms with Crippen LogP contribution in [0, 0.1) is 0 Å². The quantitative estimate of drug-likeness (QED) is 0.0917. The zero-order chi connectivity index (χ0) is 28.2. The monoisotopic (exact) mass is 594 g/mol. The molecule has 41 heavy (non-hydrogen) atoms. The molecule has 218 valence electrons. The van der Waals surface area contributed by atoms with Crippen LogP contribution in [0.3, 0.4) is 0 Å². The second-order valence-corrected chi connectivity index (χ2v) is 10.2. The van der Waals surface area contributed by atoms with Gasteiger partial charge in [-0.2, -0.15) is 0 Å². The maximum atomic E-state index is 13.5. The van der Waals surface area contributed by atoms with E-state index in [1.807, 2.05) is 78.9 Å². The Balaban J connectivity index is 0.00000462. The molecule has 0 spiro atoms. The Labute approximate surface area is 253 Å². The molecule has 0 saturated carbocycles. The Bertz CT molecular complexity index is 1300.